The van der Waals surface area contributed by atoms with Crippen molar-refractivity contribution < 1.29 is 34.6 Å². The summed E-state index contributed by atoms with van der Waals surface area (Å²) in [4.78, 5) is 0. The zero-order valence-corrected chi connectivity index (χ0v) is 9.10. The first-order valence-corrected chi connectivity index (χ1v) is 5.05. The molecule has 1 fully saturated rings. The van der Waals surface area contributed by atoms with Crippen LogP contribution in [-0.2, 0) is 14.2 Å². The first kappa shape index (κ1) is 14.3. The quantitative estimate of drug-likeness (QED) is 0.240. The maximum absolute atomic E-state index is 9.54. The van der Waals surface area contributed by atoms with Crippen LogP contribution in [0.5, 0.6) is 0 Å². The maximum atomic E-state index is 9.54. The number of rotatable bonds is 5. The molecule has 1 heterocycles. The average molecular weight is 248 g/mol. The molecule has 0 saturated carbocycles. The Hall–Kier alpha value is -0.720. The van der Waals surface area contributed by atoms with Crippen molar-refractivity contribution in [1.82, 2.24) is 0 Å². The van der Waals surface area contributed by atoms with Crippen LogP contribution in [0.25, 0.3) is 0 Å². The fourth-order valence-electron chi connectivity index (χ4n) is 1.42. The smallest absolute Gasteiger partial charge is 0.189 e. The monoisotopic (exact) mass is 248 g/mol. The number of aliphatic hydroxyl groups is 4. The molecule has 1 aliphatic rings. The molecule has 98 valence electrons. The van der Waals surface area contributed by atoms with Crippen LogP contribution < -0.4 is 0 Å². The summed E-state index contributed by atoms with van der Waals surface area (Å²) in [6, 6.07) is 0. The fraction of sp³-hybridized carbons (Fsp3) is 0.800. The van der Waals surface area contributed by atoms with Crippen LogP contribution in [0.2, 0.25) is 0 Å². The third kappa shape index (κ3) is 3.62. The second-order valence-electron chi connectivity index (χ2n) is 3.53. The van der Waals surface area contributed by atoms with Crippen LogP contribution in [0.4, 0.5) is 0 Å². The summed E-state index contributed by atoms with van der Waals surface area (Å²) in [6.07, 6.45) is -1.53. The SMILES string of the molecule is C#CCOCOC1OC(CO)C(O)C(O)C1O. The van der Waals surface area contributed by atoms with Gasteiger partial charge in [-0.15, -0.1) is 6.42 Å². The molecule has 17 heavy (non-hydrogen) atoms. The number of ether oxygens (including phenoxy) is 3. The molecular formula is C10H16O7. The van der Waals surface area contributed by atoms with E-state index >= 15 is 0 Å². The van der Waals surface area contributed by atoms with Gasteiger partial charge in [0.2, 0.25) is 0 Å². The minimum atomic E-state index is -1.46. The van der Waals surface area contributed by atoms with Crippen molar-refractivity contribution in [2.24, 2.45) is 0 Å². The van der Waals surface area contributed by atoms with Gasteiger partial charge in [-0.05, 0) is 0 Å². The van der Waals surface area contributed by atoms with E-state index in [-0.39, 0.29) is 13.4 Å². The van der Waals surface area contributed by atoms with Crippen LogP contribution in [0, 0.1) is 12.3 Å². The third-order valence-corrected chi connectivity index (χ3v) is 2.35. The number of hydrogen-bond acceptors (Lipinski definition) is 7. The van der Waals surface area contributed by atoms with Crippen molar-refractivity contribution in [3.8, 4) is 12.3 Å². The second kappa shape index (κ2) is 6.88. The first-order chi connectivity index (χ1) is 8.11. The maximum Gasteiger partial charge on any atom is 0.189 e. The first-order valence-electron chi connectivity index (χ1n) is 5.05. The third-order valence-electron chi connectivity index (χ3n) is 2.35. The highest BCUT2D eigenvalue weighted by Crippen LogP contribution is 2.21. The molecule has 0 spiro atoms. The molecule has 5 atom stereocenters. The lowest BCUT2D eigenvalue weighted by atomic mass is 9.99. The lowest BCUT2D eigenvalue weighted by Crippen LogP contribution is -2.59. The zero-order chi connectivity index (χ0) is 12.8. The molecule has 1 aliphatic heterocycles. The van der Waals surface area contributed by atoms with Gasteiger partial charge in [0, 0.05) is 0 Å². The summed E-state index contributed by atoms with van der Waals surface area (Å²) < 4.78 is 14.8. The van der Waals surface area contributed by atoms with E-state index in [1.807, 2.05) is 0 Å². The Kier molecular flexibility index (Phi) is 5.80. The summed E-state index contributed by atoms with van der Waals surface area (Å²) >= 11 is 0. The van der Waals surface area contributed by atoms with Gasteiger partial charge >= 0.3 is 0 Å². The minimum absolute atomic E-state index is 0.0391. The highest BCUT2D eigenvalue weighted by atomic mass is 16.8. The number of hydrogen-bond donors (Lipinski definition) is 4. The van der Waals surface area contributed by atoms with Gasteiger partial charge < -0.3 is 34.6 Å². The van der Waals surface area contributed by atoms with Crippen molar-refractivity contribution in [2.75, 3.05) is 20.0 Å². The van der Waals surface area contributed by atoms with E-state index < -0.39 is 37.3 Å². The van der Waals surface area contributed by atoms with Crippen molar-refractivity contribution in [3.05, 3.63) is 0 Å². The minimum Gasteiger partial charge on any atom is -0.394 e. The van der Waals surface area contributed by atoms with E-state index in [0.29, 0.717) is 0 Å². The van der Waals surface area contributed by atoms with Gasteiger partial charge in [-0.2, -0.15) is 0 Å². The van der Waals surface area contributed by atoms with Crippen molar-refractivity contribution >= 4 is 0 Å². The molecule has 0 aromatic carbocycles. The molecule has 1 rings (SSSR count). The summed E-state index contributed by atoms with van der Waals surface area (Å²) in [5.41, 5.74) is 0. The van der Waals surface area contributed by atoms with Crippen LogP contribution >= 0.6 is 0 Å². The number of terminal acetylenes is 1. The van der Waals surface area contributed by atoms with Crippen LogP contribution in [-0.4, -0.2) is 71.1 Å². The Bertz CT molecular complexity index is 262. The molecule has 7 heteroatoms. The Labute approximate surface area is 98.5 Å². The predicted octanol–water partition coefficient (Wildman–Crippen LogP) is -2.59. The van der Waals surface area contributed by atoms with Crippen LogP contribution in [0.3, 0.4) is 0 Å². The lowest BCUT2D eigenvalue weighted by molar-refractivity contribution is -0.315. The standard InChI is InChI=1S/C10H16O7/c1-2-3-15-5-16-10-9(14)8(13)7(12)6(4-11)17-10/h1,6-14H,3-5H2. The average Bonchev–Trinajstić information content (AvgIpc) is 2.34. The van der Waals surface area contributed by atoms with Crippen molar-refractivity contribution in [2.45, 2.75) is 30.7 Å². The second-order valence-corrected chi connectivity index (χ2v) is 3.53. The molecule has 7 nitrogen and oxygen atoms in total. The molecule has 0 aromatic rings. The largest absolute Gasteiger partial charge is 0.394 e. The van der Waals surface area contributed by atoms with E-state index in [9.17, 15) is 15.3 Å². The highest BCUT2D eigenvalue weighted by molar-refractivity contribution is 4.88. The Morgan fingerprint density at radius 2 is 1.88 bits per heavy atom. The van der Waals surface area contributed by atoms with E-state index in [0.717, 1.165) is 0 Å². The Morgan fingerprint density at radius 1 is 1.18 bits per heavy atom. The summed E-state index contributed by atoms with van der Waals surface area (Å²) in [5.74, 6) is 2.22. The molecule has 4 N–H and O–H groups in total. The van der Waals surface area contributed by atoms with Crippen LogP contribution in [0.1, 0.15) is 0 Å². The van der Waals surface area contributed by atoms with Gasteiger partial charge in [-0.3, -0.25) is 0 Å². The van der Waals surface area contributed by atoms with Gasteiger partial charge in [0.15, 0.2) is 13.1 Å². The van der Waals surface area contributed by atoms with Gasteiger partial charge in [-0.25, -0.2) is 0 Å². The molecular weight excluding hydrogens is 232 g/mol. The predicted molar refractivity (Wildman–Crippen MR) is 54.5 cm³/mol. The lowest BCUT2D eigenvalue weighted by Gasteiger charge is -2.39. The van der Waals surface area contributed by atoms with Gasteiger partial charge in [0.05, 0.1) is 6.61 Å². The molecule has 0 aromatic heterocycles. The van der Waals surface area contributed by atoms with Crippen molar-refractivity contribution in [1.29, 1.82) is 0 Å². The highest BCUT2D eigenvalue weighted by Gasteiger charge is 2.43. The molecule has 5 unspecified atom stereocenters. The molecule has 0 amide bonds. The topological polar surface area (TPSA) is 109 Å². The van der Waals surface area contributed by atoms with Gasteiger partial charge in [0.1, 0.15) is 31.0 Å². The van der Waals surface area contributed by atoms with Gasteiger partial charge in [-0.1, -0.05) is 5.92 Å². The molecule has 0 radical (unpaired) electrons. The van der Waals surface area contributed by atoms with E-state index in [1.165, 1.54) is 0 Å². The molecule has 1 saturated heterocycles. The summed E-state index contributed by atoms with van der Waals surface area (Å²) in [7, 11) is 0. The summed E-state index contributed by atoms with van der Waals surface area (Å²) in [5, 5.41) is 37.3. The zero-order valence-electron chi connectivity index (χ0n) is 9.10. The molecule has 0 bridgehead atoms. The summed E-state index contributed by atoms with van der Waals surface area (Å²) in [6.45, 7) is -0.694. The van der Waals surface area contributed by atoms with Gasteiger partial charge in [0.25, 0.3) is 0 Å². The Balaban J connectivity index is 2.45. The van der Waals surface area contributed by atoms with Crippen LogP contribution in [0.15, 0.2) is 0 Å². The number of aliphatic hydroxyl groups excluding tert-OH is 4. The van der Waals surface area contributed by atoms with E-state index in [1.54, 1.807) is 0 Å². The normalized spacial score (nSPS) is 37.7. The molecule has 0 aliphatic carbocycles. The van der Waals surface area contributed by atoms with E-state index in [4.69, 9.17) is 25.7 Å². The van der Waals surface area contributed by atoms with Crippen molar-refractivity contribution in [3.63, 3.8) is 0 Å². The van der Waals surface area contributed by atoms with E-state index in [2.05, 4.69) is 5.92 Å². The Morgan fingerprint density at radius 3 is 2.47 bits per heavy atom. The fourth-order valence-corrected chi connectivity index (χ4v) is 1.42.